The maximum Gasteiger partial charge on any atom is 0.149 e. The molecule has 0 radical (unpaired) electrons. The van der Waals surface area contributed by atoms with Crippen LogP contribution in [0.25, 0.3) is 0 Å². The molecular weight excluding hydrogens is 216 g/mol. The molecule has 3 nitrogen and oxygen atoms in total. The predicted molar refractivity (Wildman–Crippen MR) is 53.2 cm³/mol. The fourth-order valence-electron chi connectivity index (χ4n) is 0.673. The average Bonchev–Trinajstić information content (AvgIpc) is 2.08. The first kappa shape index (κ1) is 9.76. The molecule has 0 saturated heterocycles. The lowest BCUT2D eigenvalue weighted by atomic mass is 10.3. The van der Waals surface area contributed by atoms with Crippen molar-refractivity contribution in [1.29, 1.82) is 0 Å². The van der Waals surface area contributed by atoms with Gasteiger partial charge in [-0.15, -0.1) is 37.9 Å². The monoisotopic (exact) mass is 222 g/mol. The van der Waals surface area contributed by atoms with Crippen LogP contribution in [0.3, 0.4) is 0 Å². The molecule has 1 aromatic carbocycles. The van der Waals surface area contributed by atoms with E-state index in [1.807, 2.05) is 0 Å². The number of hydrogen-bond acceptors (Lipinski definition) is 6. The van der Waals surface area contributed by atoms with E-state index < -0.39 is 0 Å². The van der Waals surface area contributed by atoms with Gasteiger partial charge in [0.25, 0.3) is 0 Å². The van der Waals surface area contributed by atoms with Gasteiger partial charge < -0.3 is 15.3 Å². The SMILES string of the molecule is Oc1c(S)c(O)c(S)c(O)c1S. The van der Waals surface area contributed by atoms with Crippen molar-refractivity contribution in [3.63, 3.8) is 0 Å². The van der Waals surface area contributed by atoms with Gasteiger partial charge in [-0.1, -0.05) is 0 Å². The molecule has 0 aliphatic heterocycles. The molecule has 0 heterocycles. The molecule has 1 rings (SSSR count). The van der Waals surface area contributed by atoms with Gasteiger partial charge in [0.2, 0.25) is 0 Å². The normalized spacial score (nSPS) is 10.2. The van der Waals surface area contributed by atoms with Gasteiger partial charge in [-0.25, -0.2) is 0 Å². The first-order valence-corrected chi connectivity index (χ1v) is 4.18. The third kappa shape index (κ3) is 1.30. The predicted octanol–water partition coefficient (Wildman–Crippen LogP) is 1.67. The van der Waals surface area contributed by atoms with Crippen LogP contribution < -0.4 is 0 Å². The summed E-state index contributed by atoms with van der Waals surface area (Å²) >= 11 is 11.4. The number of thiol groups is 3. The second-order valence-electron chi connectivity index (χ2n) is 2.09. The van der Waals surface area contributed by atoms with Gasteiger partial charge in [0, 0.05) is 0 Å². The zero-order valence-corrected chi connectivity index (χ0v) is 8.37. The number of phenolic OH excluding ortho intramolecular Hbond substituents is 3. The topological polar surface area (TPSA) is 60.7 Å². The Morgan fingerprint density at radius 2 is 0.750 bits per heavy atom. The van der Waals surface area contributed by atoms with Crippen LogP contribution in [0, 0.1) is 0 Å². The Hall–Kier alpha value is -0.330. The lowest BCUT2D eigenvalue weighted by molar-refractivity contribution is 0.379. The quantitative estimate of drug-likeness (QED) is 0.379. The number of phenols is 3. The second-order valence-corrected chi connectivity index (χ2v) is 3.43. The summed E-state index contributed by atoms with van der Waals surface area (Å²) in [6.07, 6.45) is 0. The van der Waals surface area contributed by atoms with E-state index in [4.69, 9.17) is 0 Å². The van der Waals surface area contributed by atoms with Gasteiger partial charge in [0.1, 0.15) is 17.2 Å². The minimum Gasteiger partial charge on any atom is -0.505 e. The van der Waals surface area contributed by atoms with Gasteiger partial charge in [-0.2, -0.15) is 0 Å². The Morgan fingerprint density at radius 1 is 0.583 bits per heavy atom. The summed E-state index contributed by atoms with van der Waals surface area (Å²) < 4.78 is 0. The number of hydrogen-bond donors (Lipinski definition) is 6. The zero-order chi connectivity index (χ0) is 9.46. The average molecular weight is 222 g/mol. The fraction of sp³-hybridized carbons (Fsp3) is 0. The van der Waals surface area contributed by atoms with Gasteiger partial charge in [0.15, 0.2) is 0 Å². The molecule has 0 spiro atoms. The molecule has 0 fully saturated rings. The van der Waals surface area contributed by atoms with Crippen molar-refractivity contribution in [2.45, 2.75) is 14.7 Å². The van der Waals surface area contributed by atoms with E-state index in [0.717, 1.165) is 0 Å². The minimum absolute atomic E-state index is 0.0530. The molecule has 1 aromatic rings. The highest BCUT2D eigenvalue weighted by molar-refractivity contribution is 7.82. The fourth-order valence-corrected chi connectivity index (χ4v) is 1.61. The van der Waals surface area contributed by atoms with Crippen LogP contribution in [0.5, 0.6) is 17.2 Å². The first-order chi connectivity index (χ1) is 5.46. The molecule has 0 unspecified atom stereocenters. The van der Waals surface area contributed by atoms with Crippen LogP contribution in [0.1, 0.15) is 0 Å². The molecular formula is C6H6O3S3. The van der Waals surface area contributed by atoms with Crippen molar-refractivity contribution in [2.75, 3.05) is 0 Å². The minimum atomic E-state index is -0.366. The van der Waals surface area contributed by atoms with Gasteiger partial charge in [-0.05, 0) is 0 Å². The van der Waals surface area contributed by atoms with Crippen molar-refractivity contribution in [1.82, 2.24) is 0 Å². The number of benzene rings is 1. The lowest BCUT2D eigenvalue weighted by Gasteiger charge is -2.08. The molecule has 12 heavy (non-hydrogen) atoms. The Balaban J connectivity index is 3.60. The molecule has 3 N–H and O–H groups in total. The summed E-state index contributed by atoms with van der Waals surface area (Å²) in [6, 6.07) is 0. The van der Waals surface area contributed by atoms with Crippen LogP contribution in [0.4, 0.5) is 0 Å². The molecule has 0 amide bonds. The van der Waals surface area contributed by atoms with E-state index in [1.165, 1.54) is 0 Å². The summed E-state index contributed by atoms with van der Waals surface area (Å²) in [5.74, 6) is -1.10. The standard InChI is InChI=1S/C6H6O3S3/c7-1-4(10)2(8)6(12)3(9)5(1)11/h7-12H. The van der Waals surface area contributed by atoms with Crippen molar-refractivity contribution in [2.24, 2.45) is 0 Å². The summed E-state index contributed by atoms with van der Waals surface area (Å²) in [6.45, 7) is 0. The highest BCUT2D eigenvalue weighted by atomic mass is 32.1. The molecule has 0 saturated carbocycles. The summed E-state index contributed by atoms with van der Waals surface area (Å²) in [7, 11) is 0. The molecule has 0 bridgehead atoms. The third-order valence-corrected chi connectivity index (χ3v) is 2.62. The van der Waals surface area contributed by atoms with Crippen molar-refractivity contribution in [3.05, 3.63) is 0 Å². The van der Waals surface area contributed by atoms with Crippen molar-refractivity contribution >= 4 is 37.9 Å². The summed E-state index contributed by atoms with van der Waals surface area (Å²) in [4.78, 5) is -0.159. The lowest BCUT2D eigenvalue weighted by Crippen LogP contribution is -1.80. The molecule has 6 heteroatoms. The van der Waals surface area contributed by atoms with Crippen LogP contribution in [-0.2, 0) is 0 Å². The van der Waals surface area contributed by atoms with Gasteiger partial charge in [0.05, 0.1) is 14.7 Å². The maximum atomic E-state index is 9.19. The van der Waals surface area contributed by atoms with E-state index in [1.54, 1.807) is 0 Å². The second kappa shape index (κ2) is 3.20. The van der Waals surface area contributed by atoms with Crippen molar-refractivity contribution in [3.8, 4) is 17.2 Å². The molecule has 0 aliphatic carbocycles. The highest BCUT2D eigenvalue weighted by Crippen LogP contribution is 2.47. The smallest absolute Gasteiger partial charge is 0.149 e. The summed E-state index contributed by atoms with van der Waals surface area (Å²) in [5, 5.41) is 27.6. The number of aromatic hydroxyl groups is 3. The van der Waals surface area contributed by atoms with Gasteiger partial charge >= 0.3 is 0 Å². The van der Waals surface area contributed by atoms with E-state index in [-0.39, 0.29) is 31.9 Å². The Bertz CT molecular complexity index is 232. The molecule has 66 valence electrons. The van der Waals surface area contributed by atoms with Gasteiger partial charge in [-0.3, -0.25) is 0 Å². The Kier molecular flexibility index (Phi) is 2.60. The van der Waals surface area contributed by atoms with E-state index in [0.29, 0.717) is 0 Å². The summed E-state index contributed by atoms with van der Waals surface area (Å²) in [5.41, 5.74) is 0. The van der Waals surface area contributed by atoms with Crippen LogP contribution in [-0.4, -0.2) is 15.3 Å². The van der Waals surface area contributed by atoms with E-state index >= 15 is 0 Å². The molecule has 0 atom stereocenters. The largest absolute Gasteiger partial charge is 0.505 e. The van der Waals surface area contributed by atoms with E-state index in [9.17, 15) is 15.3 Å². The number of rotatable bonds is 0. The highest BCUT2D eigenvalue weighted by Gasteiger charge is 2.17. The Labute approximate surface area is 85.3 Å². The Morgan fingerprint density at radius 3 is 0.917 bits per heavy atom. The van der Waals surface area contributed by atoms with Crippen LogP contribution in [0.15, 0.2) is 14.7 Å². The third-order valence-electron chi connectivity index (χ3n) is 1.35. The van der Waals surface area contributed by atoms with E-state index in [2.05, 4.69) is 37.9 Å². The molecule has 0 aromatic heterocycles. The molecule has 0 aliphatic rings. The maximum absolute atomic E-state index is 9.19. The zero-order valence-electron chi connectivity index (χ0n) is 5.68. The van der Waals surface area contributed by atoms with Crippen LogP contribution >= 0.6 is 37.9 Å². The van der Waals surface area contributed by atoms with Crippen molar-refractivity contribution < 1.29 is 15.3 Å². The van der Waals surface area contributed by atoms with Crippen LogP contribution in [0.2, 0.25) is 0 Å². The first-order valence-electron chi connectivity index (χ1n) is 2.84.